The van der Waals surface area contributed by atoms with E-state index in [2.05, 4.69) is 15.0 Å². The average Bonchev–Trinajstić information content (AvgIpc) is 2.84. The Balaban J connectivity index is 2.26. The summed E-state index contributed by atoms with van der Waals surface area (Å²) in [7, 11) is 0. The van der Waals surface area contributed by atoms with Crippen molar-refractivity contribution in [2.45, 2.75) is 13.0 Å². The number of nitrogens with zero attached hydrogens (tertiary/aromatic N) is 4. The molecule has 0 unspecified atom stereocenters. The van der Waals surface area contributed by atoms with E-state index in [9.17, 15) is 15.3 Å². The molecule has 0 saturated carbocycles. The summed E-state index contributed by atoms with van der Waals surface area (Å²) in [5, 5.41) is 27.9. The lowest BCUT2D eigenvalue weighted by atomic mass is 9.87. The van der Waals surface area contributed by atoms with Gasteiger partial charge in [0.05, 0.1) is 26.1 Å². The summed E-state index contributed by atoms with van der Waals surface area (Å²) < 4.78 is 1.69. The summed E-state index contributed by atoms with van der Waals surface area (Å²) in [4.78, 5) is 12.0. The smallest absolute Gasteiger partial charge is 0.224 e. The van der Waals surface area contributed by atoms with E-state index < -0.39 is 5.41 Å². The third-order valence-electron chi connectivity index (χ3n) is 3.40. The number of imidazole rings is 1. The number of hydrogen-bond acceptors (Lipinski definition) is 8. The van der Waals surface area contributed by atoms with Crippen molar-refractivity contribution >= 4 is 22.9 Å². The summed E-state index contributed by atoms with van der Waals surface area (Å²) in [5.74, 6) is 0.249. The number of aliphatic hydroxyl groups excluding tert-OH is 3. The first-order valence-corrected chi connectivity index (χ1v) is 6.11. The number of fused-ring (bicyclic) bond motifs is 1. The quantitative estimate of drug-likeness (QED) is 0.421. The summed E-state index contributed by atoms with van der Waals surface area (Å²) in [5.41, 5.74) is 11.2. The molecule has 0 spiro atoms. The standard InChI is InChI=1S/C11H18N6O3/c12-8-7-9(16-10(13)15-8)17(6-14-7)2-1-11(3-18,4-19)5-20/h6,18-20H,1-5H2,(H4,12,13,15,16). The molecule has 9 nitrogen and oxygen atoms in total. The second-order valence-corrected chi connectivity index (χ2v) is 4.80. The molecule has 0 radical (unpaired) electrons. The van der Waals surface area contributed by atoms with E-state index in [4.69, 9.17) is 11.5 Å². The summed E-state index contributed by atoms with van der Waals surface area (Å²) in [6, 6.07) is 0. The average molecular weight is 282 g/mol. The molecule has 2 aromatic heterocycles. The van der Waals surface area contributed by atoms with Crippen molar-refractivity contribution in [3.63, 3.8) is 0 Å². The van der Waals surface area contributed by atoms with Gasteiger partial charge >= 0.3 is 0 Å². The number of hydrogen-bond donors (Lipinski definition) is 5. The van der Waals surface area contributed by atoms with E-state index >= 15 is 0 Å². The van der Waals surface area contributed by atoms with Gasteiger partial charge in [-0.15, -0.1) is 0 Å². The van der Waals surface area contributed by atoms with Crippen LogP contribution in [0.25, 0.3) is 11.2 Å². The number of rotatable bonds is 6. The zero-order chi connectivity index (χ0) is 14.8. The van der Waals surface area contributed by atoms with Gasteiger partial charge in [0, 0.05) is 12.0 Å². The van der Waals surface area contributed by atoms with Gasteiger partial charge in [-0.3, -0.25) is 0 Å². The van der Waals surface area contributed by atoms with Gasteiger partial charge < -0.3 is 31.4 Å². The fraction of sp³-hybridized carbons (Fsp3) is 0.545. The first kappa shape index (κ1) is 14.4. The Kier molecular flexibility index (Phi) is 4.02. The molecular formula is C11H18N6O3. The Morgan fingerprint density at radius 2 is 1.75 bits per heavy atom. The molecule has 7 N–H and O–H groups in total. The lowest BCUT2D eigenvalue weighted by Gasteiger charge is -2.27. The van der Waals surface area contributed by atoms with Gasteiger partial charge in [-0.1, -0.05) is 0 Å². The van der Waals surface area contributed by atoms with Crippen LogP contribution < -0.4 is 11.5 Å². The maximum Gasteiger partial charge on any atom is 0.224 e. The van der Waals surface area contributed by atoms with Crippen LogP contribution in [0.1, 0.15) is 6.42 Å². The fourth-order valence-corrected chi connectivity index (χ4v) is 1.89. The highest BCUT2D eigenvalue weighted by Gasteiger charge is 2.28. The number of nitrogens with two attached hydrogens (primary N) is 2. The molecule has 0 bridgehead atoms. The molecule has 20 heavy (non-hydrogen) atoms. The molecule has 9 heteroatoms. The van der Waals surface area contributed by atoms with Crippen LogP contribution in [0.15, 0.2) is 6.33 Å². The third-order valence-corrected chi connectivity index (χ3v) is 3.40. The minimum atomic E-state index is -0.944. The van der Waals surface area contributed by atoms with Crippen molar-refractivity contribution < 1.29 is 15.3 Å². The number of aromatic nitrogens is 4. The number of aliphatic hydroxyl groups is 3. The predicted octanol–water partition coefficient (Wildman–Crippen LogP) is -1.66. The number of nitrogen functional groups attached to an aromatic ring is 2. The number of anilines is 2. The molecule has 2 heterocycles. The summed E-state index contributed by atoms with van der Waals surface area (Å²) >= 11 is 0. The Morgan fingerprint density at radius 1 is 1.10 bits per heavy atom. The minimum absolute atomic E-state index is 0.0505. The molecule has 0 aliphatic carbocycles. The highest BCUT2D eigenvalue weighted by molar-refractivity contribution is 5.82. The summed E-state index contributed by atoms with van der Waals surface area (Å²) in [6.07, 6.45) is 1.89. The molecular weight excluding hydrogens is 264 g/mol. The molecule has 2 rings (SSSR count). The second kappa shape index (κ2) is 5.57. The molecule has 2 aromatic rings. The van der Waals surface area contributed by atoms with E-state index in [-0.39, 0.29) is 31.6 Å². The Morgan fingerprint density at radius 3 is 2.35 bits per heavy atom. The van der Waals surface area contributed by atoms with E-state index in [1.54, 1.807) is 4.57 Å². The molecule has 0 atom stereocenters. The maximum atomic E-state index is 9.30. The van der Waals surface area contributed by atoms with Gasteiger partial charge in [-0.2, -0.15) is 9.97 Å². The molecule has 110 valence electrons. The number of aryl methyl sites for hydroxylation is 1. The van der Waals surface area contributed by atoms with Gasteiger partial charge in [0.15, 0.2) is 11.5 Å². The van der Waals surface area contributed by atoms with Gasteiger partial charge in [0.2, 0.25) is 5.95 Å². The molecule has 0 aliphatic heterocycles. The summed E-state index contributed by atoms with van der Waals surface area (Å²) in [6.45, 7) is -0.544. The lowest BCUT2D eigenvalue weighted by Crippen LogP contribution is -2.35. The van der Waals surface area contributed by atoms with Crippen molar-refractivity contribution in [3.05, 3.63) is 6.33 Å². The Bertz CT molecular complexity index is 587. The van der Waals surface area contributed by atoms with Gasteiger partial charge in [-0.25, -0.2) is 4.98 Å². The van der Waals surface area contributed by atoms with Crippen molar-refractivity contribution in [3.8, 4) is 0 Å². The van der Waals surface area contributed by atoms with E-state index in [1.165, 1.54) is 6.33 Å². The van der Waals surface area contributed by atoms with Crippen LogP contribution in [0.3, 0.4) is 0 Å². The van der Waals surface area contributed by atoms with Crippen LogP contribution in [0.4, 0.5) is 11.8 Å². The Hall–Kier alpha value is -1.97. The molecule has 0 fully saturated rings. The topological polar surface area (TPSA) is 156 Å². The first-order valence-electron chi connectivity index (χ1n) is 6.11. The molecule has 0 amide bonds. The van der Waals surface area contributed by atoms with Crippen LogP contribution in [0.5, 0.6) is 0 Å². The van der Waals surface area contributed by atoms with Crippen molar-refractivity contribution in [1.29, 1.82) is 0 Å². The van der Waals surface area contributed by atoms with Crippen LogP contribution in [-0.2, 0) is 6.54 Å². The van der Waals surface area contributed by atoms with Crippen LogP contribution in [0, 0.1) is 5.41 Å². The first-order chi connectivity index (χ1) is 9.55. The second-order valence-electron chi connectivity index (χ2n) is 4.80. The zero-order valence-corrected chi connectivity index (χ0v) is 10.9. The Labute approximate surface area is 114 Å². The fourth-order valence-electron chi connectivity index (χ4n) is 1.89. The third kappa shape index (κ3) is 2.50. The molecule has 0 aliphatic rings. The molecule has 0 aromatic carbocycles. The van der Waals surface area contributed by atoms with Crippen molar-refractivity contribution in [2.75, 3.05) is 31.3 Å². The lowest BCUT2D eigenvalue weighted by molar-refractivity contribution is -0.00327. The van der Waals surface area contributed by atoms with E-state index in [1.807, 2.05) is 0 Å². The van der Waals surface area contributed by atoms with E-state index in [0.29, 0.717) is 24.1 Å². The minimum Gasteiger partial charge on any atom is -0.396 e. The zero-order valence-electron chi connectivity index (χ0n) is 10.9. The van der Waals surface area contributed by atoms with Gasteiger partial charge in [0.25, 0.3) is 0 Å². The van der Waals surface area contributed by atoms with Crippen molar-refractivity contribution in [2.24, 2.45) is 5.41 Å². The van der Waals surface area contributed by atoms with Crippen LogP contribution in [0.2, 0.25) is 0 Å². The van der Waals surface area contributed by atoms with Gasteiger partial charge in [-0.05, 0) is 6.42 Å². The van der Waals surface area contributed by atoms with Crippen molar-refractivity contribution in [1.82, 2.24) is 19.5 Å². The maximum absolute atomic E-state index is 9.30. The van der Waals surface area contributed by atoms with Crippen LogP contribution >= 0.6 is 0 Å². The largest absolute Gasteiger partial charge is 0.396 e. The van der Waals surface area contributed by atoms with Gasteiger partial charge in [0.1, 0.15) is 5.52 Å². The highest BCUT2D eigenvalue weighted by Crippen LogP contribution is 2.23. The normalized spacial score (nSPS) is 12.2. The SMILES string of the molecule is Nc1nc(N)c2ncn(CCC(CO)(CO)CO)c2n1. The van der Waals surface area contributed by atoms with E-state index in [0.717, 1.165) is 0 Å². The molecule has 0 saturated heterocycles. The van der Waals surface area contributed by atoms with Crippen LogP contribution in [-0.4, -0.2) is 54.7 Å². The predicted molar refractivity (Wildman–Crippen MR) is 72.5 cm³/mol. The highest BCUT2D eigenvalue weighted by atomic mass is 16.3. The monoisotopic (exact) mass is 282 g/mol.